The van der Waals surface area contributed by atoms with Crippen molar-refractivity contribution in [3.63, 3.8) is 0 Å². The standard InChI is InChI=1S/C13H17NO5S2/c1-19-12-3-2-10(8-11(12)13(15)16)21(17,18)14-9-4-6-20-7-5-9/h2-3,8-9,14H,4-7H2,1H3,(H,15,16). The lowest BCUT2D eigenvalue weighted by Gasteiger charge is -2.22. The minimum atomic E-state index is -3.72. The lowest BCUT2D eigenvalue weighted by Crippen LogP contribution is -2.37. The third-order valence-electron chi connectivity index (χ3n) is 3.25. The number of sulfonamides is 1. The molecule has 1 aliphatic heterocycles. The van der Waals surface area contributed by atoms with E-state index >= 15 is 0 Å². The summed E-state index contributed by atoms with van der Waals surface area (Å²) in [6.45, 7) is 0. The van der Waals surface area contributed by atoms with Crippen molar-refractivity contribution in [3.8, 4) is 5.75 Å². The molecule has 1 fully saturated rings. The number of rotatable bonds is 5. The molecule has 21 heavy (non-hydrogen) atoms. The molecule has 1 saturated heterocycles. The Morgan fingerprint density at radius 1 is 1.38 bits per heavy atom. The number of ether oxygens (including phenoxy) is 1. The minimum absolute atomic E-state index is 0.0565. The molecule has 116 valence electrons. The van der Waals surface area contributed by atoms with Gasteiger partial charge in [-0.15, -0.1) is 0 Å². The molecule has 0 atom stereocenters. The van der Waals surface area contributed by atoms with Crippen LogP contribution >= 0.6 is 11.8 Å². The molecular formula is C13H17NO5S2. The number of aromatic carboxylic acids is 1. The van der Waals surface area contributed by atoms with Crippen LogP contribution in [-0.4, -0.2) is 44.2 Å². The van der Waals surface area contributed by atoms with Crippen molar-refractivity contribution in [2.75, 3.05) is 18.6 Å². The zero-order chi connectivity index (χ0) is 15.5. The third kappa shape index (κ3) is 3.90. The Morgan fingerprint density at radius 3 is 2.62 bits per heavy atom. The van der Waals surface area contributed by atoms with Crippen LogP contribution in [0, 0.1) is 0 Å². The van der Waals surface area contributed by atoms with Gasteiger partial charge in [0.2, 0.25) is 10.0 Å². The largest absolute Gasteiger partial charge is 0.496 e. The molecule has 0 radical (unpaired) electrons. The zero-order valence-corrected chi connectivity index (χ0v) is 13.2. The SMILES string of the molecule is COc1ccc(S(=O)(=O)NC2CCSCC2)cc1C(=O)O. The summed E-state index contributed by atoms with van der Waals surface area (Å²) in [6, 6.07) is 3.74. The normalized spacial score (nSPS) is 16.6. The fourth-order valence-electron chi connectivity index (χ4n) is 2.12. The summed E-state index contributed by atoms with van der Waals surface area (Å²) in [5.41, 5.74) is -0.167. The molecule has 0 saturated carbocycles. The van der Waals surface area contributed by atoms with Crippen molar-refractivity contribution in [2.24, 2.45) is 0 Å². The first-order valence-corrected chi connectivity index (χ1v) is 9.09. The number of benzene rings is 1. The molecule has 0 aromatic heterocycles. The topological polar surface area (TPSA) is 92.7 Å². The van der Waals surface area contributed by atoms with Crippen LogP contribution in [0.4, 0.5) is 0 Å². The Bertz CT molecular complexity index is 623. The van der Waals surface area contributed by atoms with E-state index in [1.807, 2.05) is 0 Å². The predicted octanol–water partition coefficient (Wildman–Crippen LogP) is 1.57. The van der Waals surface area contributed by atoms with E-state index in [1.54, 1.807) is 11.8 Å². The Labute approximate surface area is 127 Å². The molecule has 0 amide bonds. The minimum Gasteiger partial charge on any atom is -0.496 e. The first-order valence-electron chi connectivity index (χ1n) is 6.45. The van der Waals surface area contributed by atoms with Crippen LogP contribution in [0.5, 0.6) is 5.75 Å². The van der Waals surface area contributed by atoms with Crippen molar-refractivity contribution in [3.05, 3.63) is 23.8 Å². The highest BCUT2D eigenvalue weighted by Gasteiger charge is 2.24. The number of hydrogen-bond acceptors (Lipinski definition) is 5. The molecule has 8 heteroatoms. The second kappa shape index (κ2) is 6.67. The van der Waals surface area contributed by atoms with Gasteiger partial charge in [-0.2, -0.15) is 11.8 Å². The Balaban J connectivity index is 2.27. The van der Waals surface area contributed by atoms with Gasteiger partial charge in [0, 0.05) is 6.04 Å². The van der Waals surface area contributed by atoms with Gasteiger partial charge in [-0.25, -0.2) is 17.9 Å². The fourth-order valence-corrected chi connectivity index (χ4v) is 4.56. The maximum absolute atomic E-state index is 12.3. The zero-order valence-electron chi connectivity index (χ0n) is 11.5. The second-order valence-corrected chi connectivity index (χ2v) is 7.61. The van der Waals surface area contributed by atoms with E-state index in [0.717, 1.165) is 30.4 Å². The highest BCUT2D eigenvalue weighted by molar-refractivity contribution is 7.99. The van der Waals surface area contributed by atoms with Crippen LogP contribution in [0.1, 0.15) is 23.2 Å². The molecule has 1 aliphatic rings. The summed E-state index contributed by atoms with van der Waals surface area (Å²) in [7, 11) is -2.38. The van der Waals surface area contributed by atoms with Gasteiger partial charge < -0.3 is 9.84 Å². The van der Waals surface area contributed by atoms with E-state index in [-0.39, 0.29) is 22.3 Å². The monoisotopic (exact) mass is 331 g/mol. The highest BCUT2D eigenvalue weighted by atomic mass is 32.2. The van der Waals surface area contributed by atoms with E-state index in [1.165, 1.54) is 19.2 Å². The molecule has 1 aromatic rings. The number of carboxylic acids is 1. The van der Waals surface area contributed by atoms with Crippen LogP contribution in [0.25, 0.3) is 0 Å². The Kier molecular flexibility index (Phi) is 5.13. The van der Waals surface area contributed by atoms with Crippen molar-refractivity contribution < 1.29 is 23.1 Å². The first-order chi connectivity index (χ1) is 9.94. The molecule has 1 heterocycles. The molecule has 2 N–H and O–H groups in total. The van der Waals surface area contributed by atoms with Gasteiger partial charge in [-0.05, 0) is 42.5 Å². The smallest absolute Gasteiger partial charge is 0.339 e. The van der Waals surface area contributed by atoms with Crippen LogP contribution in [0.2, 0.25) is 0 Å². The summed E-state index contributed by atoms with van der Waals surface area (Å²) in [5.74, 6) is 0.764. The predicted molar refractivity (Wildman–Crippen MR) is 80.6 cm³/mol. The highest BCUT2D eigenvalue weighted by Crippen LogP contribution is 2.24. The molecule has 2 rings (SSSR count). The molecule has 0 unspecified atom stereocenters. The fraction of sp³-hybridized carbons (Fsp3) is 0.462. The van der Waals surface area contributed by atoms with E-state index < -0.39 is 16.0 Å². The maximum Gasteiger partial charge on any atom is 0.339 e. The number of carbonyl (C=O) groups is 1. The van der Waals surface area contributed by atoms with Crippen molar-refractivity contribution in [1.29, 1.82) is 0 Å². The summed E-state index contributed by atoms with van der Waals surface area (Å²) in [5, 5.41) is 9.11. The Hall–Kier alpha value is -1.25. The van der Waals surface area contributed by atoms with E-state index in [2.05, 4.69) is 4.72 Å². The van der Waals surface area contributed by atoms with Crippen molar-refractivity contribution >= 4 is 27.8 Å². The lowest BCUT2D eigenvalue weighted by atomic mass is 10.2. The lowest BCUT2D eigenvalue weighted by molar-refractivity contribution is 0.0693. The molecule has 0 aliphatic carbocycles. The van der Waals surface area contributed by atoms with Gasteiger partial charge in [-0.3, -0.25) is 0 Å². The summed E-state index contributed by atoms with van der Waals surface area (Å²) in [4.78, 5) is 11.1. The summed E-state index contributed by atoms with van der Waals surface area (Å²) < 4.78 is 32.2. The van der Waals surface area contributed by atoms with Crippen LogP contribution in [0.15, 0.2) is 23.1 Å². The van der Waals surface area contributed by atoms with E-state index in [4.69, 9.17) is 9.84 Å². The summed E-state index contributed by atoms with van der Waals surface area (Å²) in [6.07, 6.45) is 1.57. The van der Waals surface area contributed by atoms with Gasteiger partial charge >= 0.3 is 5.97 Å². The molecule has 1 aromatic carbocycles. The number of carboxylic acid groups (broad SMARTS) is 1. The average molecular weight is 331 g/mol. The van der Waals surface area contributed by atoms with E-state index in [0.29, 0.717) is 0 Å². The van der Waals surface area contributed by atoms with Gasteiger partial charge in [0.1, 0.15) is 11.3 Å². The number of hydrogen-bond donors (Lipinski definition) is 2. The van der Waals surface area contributed by atoms with Crippen LogP contribution in [0.3, 0.4) is 0 Å². The molecule has 0 bridgehead atoms. The average Bonchev–Trinajstić information content (AvgIpc) is 2.47. The second-order valence-electron chi connectivity index (χ2n) is 4.68. The number of thioether (sulfide) groups is 1. The molecule has 6 nitrogen and oxygen atoms in total. The van der Waals surface area contributed by atoms with Crippen molar-refractivity contribution in [2.45, 2.75) is 23.8 Å². The number of nitrogens with one attached hydrogen (secondary N) is 1. The number of methoxy groups -OCH3 is 1. The van der Waals surface area contributed by atoms with Crippen molar-refractivity contribution in [1.82, 2.24) is 4.72 Å². The molecule has 0 spiro atoms. The van der Waals surface area contributed by atoms with E-state index in [9.17, 15) is 13.2 Å². The van der Waals surface area contributed by atoms with Gasteiger partial charge in [0.25, 0.3) is 0 Å². The Morgan fingerprint density at radius 2 is 2.05 bits per heavy atom. The molecular weight excluding hydrogens is 314 g/mol. The van der Waals surface area contributed by atoms with Gasteiger partial charge in [0.05, 0.1) is 12.0 Å². The quantitative estimate of drug-likeness (QED) is 0.851. The summed E-state index contributed by atoms with van der Waals surface area (Å²) >= 11 is 1.80. The van der Waals surface area contributed by atoms with Gasteiger partial charge in [-0.1, -0.05) is 0 Å². The maximum atomic E-state index is 12.3. The van der Waals surface area contributed by atoms with Crippen LogP contribution < -0.4 is 9.46 Å². The van der Waals surface area contributed by atoms with Crippen LogP contribution in [-0.2, 0) is 10.0 Å². The third-order valence-corrected chi connectivity index (χ3v) is 5.82. The van der Waals surface area contributed by atoms with Gasteiger partial charge in [0.15, 0.2) is 0 Å². The first kappa shape index (κ1) is 16.1.